The Kier molecular flexibility index (Phi) is 7.85. The Morgan fingerprint density at radius 2 is 1.47 bits per heavy atom. The minimum Gasteiger partial charge on any atom is -0.490 e. The van der Waals surface area contributed by atoms with Crippen molar-refractivity contribution in [3.63, 3.8) is 0 Å². The lowest BCUT2D eigenvalue weighted by Gasteiger charge is -2.31. The van der Waals surface area contributed by atoms with Gasteiger partial charge in [0.15, 0.2) is 0 Å². The van der Waals surface area contributed by atoms with E-state index in [0.717, 1.165) is 24.2 Å². The second-order valence-corrected chi connectivity index (χ2v) is 8.62. The standard InChI is InChI=1S/C28H28N2O6/c1-19(31)30-16-14-24(15-17-30)36-23-12-10-22(11-13-23)35-21-8-6-20(7-9-21)18-27(32)29-26-5-3-2-4-25(26)28(33)34/h2-13,24H,14-18H2,1H3,(H,29,32)(H,33,34). The van der Waals surface area contributed by atoms with E-state index in [1.165, 1.54) is 6.07 Å². The van der Waals surface area contributed by atoms with Crippen LogP contribution in [0.5, 0.6) is 17.2 Å². The van der Waals surface area contributed by atoms with Gasteiger partial charge in [0.25, 0.3) is 0 Å². The van der Waals surface area contributed by atoms with Gasteiger partial charge < -0.3 is 24.8 Å². The number of piperidine rings is 1. The Hall–Kier alpha value is -4.33. The van der Waals surface area contributed by atoms with Gasteiger partial charge in [0.1, 0.15) is 23.4 Å². The van der Waals surface area contributed by atoms with E-state index < -0.39 is 5.97 Å². The van der Waals surface area contributed by atoms with E-state index in [0.29, 0.717) is 24.6 Å². The van der Waals surface area contributed by atoms with Gasteiger partial charge in [0.2, 0.25) is 11.8 Å². The summed E-state index contributed by atoms with van der Waals surface area (Å²) in [6, 6.07) is 20.8. The Morgan fingerprint density at radius 3 is 2.08 bits per heavy atom. The number of para-hydroxylation sites is 1. The highest BCUT2D eigenvalue weighted by Crippen LogP contribution is 2.26. The number of ether oxygens (including phenoxy) is 2. The first-order chi connectivity index (χ1) is 17.4. The number of nitrogens with zero attached hydrogens (tertiary/aromatic N) is 1. The number of likely N-dealkylation sites (tertiary alicyclic amines) is 1. The lowest BCUT2D eigenvalue weighted by molar-refractivity contribution is -0.130. The maximum Gasteiger partial charge on any atom is 0.337 e. The minimum absolute atomic E-state index is 0.0457. The third kappa shape index (κ3) is 6.63. The zero-order chi connectivity index (χ0) is 25.5. The van der Waals surface area contributed by atoms with Gasteiger partial charge in [0.05, 0.1) is 17.7 Å². The number of aromatic carboxylic acids is 1. The summed E-state index contributed by atoms with van der Waals surface area (Å²) in [5.41, 5.74) is 1.08. The lowest BCUT2D eigenvalue weighted by atomic mass is 10.1. The van der Waals surface area contributed by atoms with Crippen LogP contribution in [0.1, 0.15) is 35.7 Å². The molecule has 1 saturated heterocycles. The second-order valence-electron chi connectivity index (χ2n) is 8.62. The van der Waals surface area contributed by atoms with Crippen molar-refractivity contribution in [2.45, 2.75) is 32.3 Å². The molecule has 1 aliphatic heterocycles. The number of carboxylic acid groups (broad SMARTS) is 1. The highest BCUT2D eigenvalue weighted by molar-refractivity contribution is 6.01. The lowest BCUT2D eigenvalue weighted by Crippen LogP contribution is -2.40. The second kappa shape index (κ2) is 11.4. The molecule has 0 aromatic heterocycles. The van der Waals surface area contributed by atoms with Crippen molar-refractivity contribution >= 4 is 23.5 Å². The molecule has 8 heteroatoms. The molecule has 3 aromatic carbocycles. The Bertz CT molecular complexity index is 1220. The number of carbonyl (C=O) groups is 3. The predicted octanol–water partition coefficient (Wildman–Crippen LogP) is 4.75. The van der Waals surface area contributed by atoms with Gasteiger partial charge in [0, 0.05) is 32.9 Å². The van der Waals surface area contributed by atoms with E-state index in [2.05, 4.69) is 5.32 Å². The number of hydrogen-bond acceptors (Lipinski definition) is 5. The van der Waals surface area contributed by atoms with Gasteiger partial charge in [-0.2, -0.15) is 0 Å². The summed E-state index contributed by atoms with van der Waals surface area (Å²) in [7, 11) is 0. The highest BCUT2D eigenvalue weighted by Gasteiger charge is 2.21. The smallest absolute Gasteiger partial charge is 0.337 e. The van der Waals surface area contributed by atoms with Crippen LogP contribution < -0.4 is 14.8 Å². The molecule has 0 unspecified atom stereocenters. The molecule has 2 N–H and O–H groups in total. The van der Waals surface area contributed by atoms with Crippen molar-refractivity contribution < 1.29 is 29.0 Å². The number of rotatable bonds is 8. The zero-order valence-corrected chi connectivity index (χ0v) is 20.0. The van der Waals surface area contributed by atoms with Crippen molar-refractivity contribution in [2.24, 2.45) is 0 Å². The average Bonchev–Trinajstić information content (AvgIpc) is 2.87. The van der Waals surface area contributed by atoms with Crippen LogP contribution in [0.3, 0.4) is 0 Å². The van der Waals surface area contributed by atoms with Gasteiger partial charge >= 0.3 is 5.97 Å². The van der Waals surface area contributed by atoms with Gasteiger partial charge in [-0.3, -0.25) is 9.59 Å². The number of carbonyl (C=O) groups excluding carboxylic acids is 2. The molecule has 0 spiro atoms. The molecule has 1 aliphatic rings. The van der Waals surface area contributed by atoms with Crippen LogP contribution in [0.15, 0.2) is 72.8 Å². The first kappa shape index (κ1) is 24.8. The van der Waals surface area contributed by atoms with E-state index in [1.807, 2.05) is 29.2 Å². The van der Waals surface area contributed by atoms with Crippen molar-refractivity contribution in [3.8, 4) is 17.2 Å². The Morgan fingerprint density at radius 1 is 0.889 bits per heavy atom. The molecule has 1 heterocycles. The summed E-state index contributed by atoms with van der Waals surface area (Å²) in [4.78, 5) is 37.0. The van der Waals surface area contributed by atoms with Crippen LogP contribution in [-0.2, 0) is 16.0 Å². The first-order valence-electron chi connectivity index (χ1n) is 11.8. The topological polar surface area (TPSA) is 105 Å². The third-order valence-corrected chi connectivity index (χ3v) is 5.97. The Balaban J connectivity index is 1.27. The molecule has 0 saturated carbocycles. The van der Waals surface area contributed by atoms with Crippen LogP contribution in [-0.4, -0.2) is 47.0 Å². The molecule has 0 atom stereocenters. The van der Waals surface area contributed by atoms with Crippen molar-refractivity contribution in [1.82, 2.24) is 4.90 Å². The summed E-state index contributed by atoms with van der Waals surface area (Å²) in [5.74, 6) is 0.745. The van der Waals surface area contributed by atoms with Crippen molar-refractivity contribution in [2.75, 3.05) is 18.4 Å². The summed E-state index contributed by atoms with van der Waals surface area (Å²) in [5, 5.41) is 11.9. The molecule has 2 amide bonds. The normalized spacial score (nSPS) is 13.6. The van der Waals surface area contributed by atoms with Crippen molar-refractivity contribution in [1.29, 1.82) is 0 Å². The van der Waals surface area contributed by atoms with Crippen LogP contribution in [0.4, 0.5) is 5.69 Å². The largest absolute Gasteiger partial charge is 0.490 e. The Labute approximate surface area is 209 Å². The molecule has 3 aromatic rings. The molecule has 4 rings (SSSR count). The fraction of sp³-hybridized carbons (Fsp3) is 0.250. The third-order valence-electron chi connectivity index (χ3n) is 5.97. The van der Waals surface area contributed by atoms with E-state index in [1.54, 1.807) is 49.4 Å². The molecule has 8 nitrogen and oxygen atoms in total. The molecular weight excluding hydrogens is 460 g/mol. The maximum atomic E-state index is 12.4. The molecular formula is C28H28N2O6. The molecule has 0 bridgehead atoms. The summed E-state index contributed by atoms with van der Waals surface area (Å²) >= 11 is 0. The monoisotopic (exact) mass is 488 g/mol. The van der Waals surface area contributed by atoms with Gasteiger partial charge in [-0.05, 0) is 54.1 Å². The zero-order valence-electron chi connectivity index (χ0n) is 20.0. The number of nitrogens with one attached hydrogen (secondary N) is 1. The van der Waals surface area contributed by atoms with E-state index in [9.17, 15) is 19.5 Å². The number of anilines is 1. The molecule has 186 valence electrons. The maximum absolute atomic E-state index is 12.4. The van der Waals surface area contributed by atoms with E-state index in [4.69, 9.17) is 9.47 Å². The van der Waals surface area contributed by atoms with Crippen LogP contribution in [0.2, 0.25) is 0 Å². The summed E-state index contributed by atoms with van der Waals surface area (Å²) < 4.78 is 11.9. The van der Waals surface area contributed by atoms with Crippen LogP contribution in [0.25, 0.3) is 0 Å². The van der Waals surface area contributed by atoms with Crippen molar-refractivity contribution in [3.05, 3.63) is 83.9 Å². The minimum atomic E-state index is -1.10. The van der Waals surface area contributed by atoms with Gasteiger partial charge in [-0.1, -0.05) is 24.3 Å². The number of carboxylic acids is 1. The highest BCUT2D eigenvalue weighted by atomic mass is 16.5. The van der Waals surface area contributed by atoms with Gasteiger partial charge in [-0.15, -0.1) is 0 Å². The quantitative estimate of drug-likeness (QED) is 0.474. The first-order valence-corrected chi connectivity index (χ1v) is 11.8. The number of hydrogen-bond donors (Lipinski definition) is 2. The molecule has 0 radical (unpaired) electrons. The average molecular weight is 489 g/mol. The number of amides is 2. The fourth-order valence-electron chi connectivity index (χ4n) is 4.04. The molecule has 36 heavy (non-hydrogen) atoms. The van der Waals surface area contributed by atoms with Gasteiger partial charge in [-0.25, -0.2) is 4.79 Å². The molecule has 0 aliphatic carbocycles. The summed E-state index contributed by atoms with van der Waals surface area (Å²) in [6.45, 7) is 3.03. The van der Waals surface area contributed by atoms with E-state index in [-0.39, 0.29) is 35.6 Å². The molecule has 1 fully saturated rings. The summed E-state index contributed by atoms with van der Waals surface area (Å²) in [6.07, 6.45) is 1.82. The van der Waals surface area contributed by atoms with Crippen LogP contribution in [0, 0.1) is 0 Å². The van der Waals surface area contributed by atoms with Crippen LogP contribution >= 0.6 is 0 Å². The SMILES string of the molecule is CC(=O)N1CCC(Oc2ccc(Oc3ccc(CC(=O)Nc4ccccc4C(=O)O)cc3)cc2)CC1. The predicted molar refractivity (Wildman–Crippen MR) is 135 cm³/mol. The van der Waals surface area contributed by atoms with E-state index >= 15 is 0 Å². The fourth-order valence-corrected chi connectivity index (χ4v) is 4.04. The number of benzene rings is 3.